The number of fused-ring (bicyclic) bond motifs is 2. The molecule has 24 heavy (non-hydrogen) atoms. The third-order valence-corrected chi connectivity index (χ3v) is 7.45. The van der Waals surface area contributed by atoms with Gasteiger partial charge in [0.2, 0.25) is 0 Å². The number of rotatable bonds is 3. The van der Waals surface area contributed by atoms with Crippen molar-refractivity contribution in [2.45, 2.75) is 26.7 Å². The predicted molar refractivity (Wildman–Crippen MR) is 97.4 cm³/mol. The molecule has 3 nitrogen and oxygen atoms in total. The summed E-state index contributed by atoms with van der Waals surface area (Å²) in [5.74, 6) is 0.566. The van der Waals surface area contributed by atoms with Gasteiger partial charge in [0.1, 0.15) is 11.2 Å². The molecule has 5 rings (SSSR count). The Hall–Kier alpha value is -1.65. The molecule has 5 heteroatoms. The lowest BCUT2D eigenvalue weighted by atomic mass is 9.48. The van der Waals surface area contributed by atoms with Crippen molar-refractivity contribution in [1.82, 2.24) is 5.32 Å². The zero-order valence-electron chi connectivity index (χ0n) is 13.6. The van der Waals surface area contributed by atoms with Gasteiger partial charge in [0.05, 0.1) is 5.02 Å². The third kappa shape index (κ3) is 2.16. The van der Waals surface area contributed by atoms with Gasteiger partial charge in [-0.3, -0.25) is 9.59 Å². The Morgan fingerprint density at radius 3 is 2.79 bits per heavy atom. The van der Waals surface area contributed by atoms with Crippen LogP contribution in [0.1, 0.15) is 36.4 Å². The molecule has 1 aromatic carbocycles. The van der Waals surface area contributed by atoms with E-state index < -0.39 is 0 Å². The molecule has 1 aromatic heterocycles. The monoisotopic (exact) mass is 359 g/mol. The summed E-state index contributed by atoms with van der Waals surface area (Å²) in [6, 6.07) is 7.71. The first kappa shape index (κ1) is 15.9. The molecular formula is C19H18ClNO2S. The molecule has 1 heterocycles. The lowest BCUT2D eigenvalue weighted by Gasteiger charge is -2.56. The lowest BCUT2D eigenvalue weighted by Crippen LogP contribution is -2.51. The molecule has 2 aromatic rings. The number of carbonyl (C=O) groups is 2. The van der Waals surface area contributed by atoms with Crippen LogP contribution in [0.3, 0.4) is 0 Å². The van der Waals surface area contributed by atoms with E-state index in [1.54, 1.807) is 0 Å². The highest BCUT2D eigenvalue weighted by molar-refractivity contribution is 7.21. The van der Waals surface area contributed by atoms with Gasteiger partial charge in [-0.1, -0.05) is 43.6 Å². The summed E-state index contributed by atoms with van der Waals surface area (Å²) in [6.45, 7) is 4.41. The first-order valence-corrected chi connectivity index (χ1v) is 9.29. The van der Waals surface area contributed by atoms with Gasteiger partial charge in [0.15, 0.2) is 0 Å². The molecule has 0 spiro atoms. The topological polar surface area (TPSA) is 46.2 Å². The van der Waals surface area contributed by atoms with Crippen molar-refractivity contribution in [3.8, 4) is 0 Å². The Balaban J connectivity index is 1.66. The van der Waals surface area contributed by atoms with Crippen LogP contribution in [0, 0.1) is 17.3 Å². The second kappa shape index (κ2) is 5.43. The van der Waals surface area contributed by atoms with E-state index in [9.17, 15) is 9.59 Å². The van der Waals surface area contributed by atoms with Crippen molar-refractivity contribution >= 4 is 45.2 Å². The Bertz CT molecular complexity index is 896. The molecule has 2 bridgehead atoms. The van der Waals surface area contributed by atoms with Crippen molar-refractivity contribution in [3.63, 3.8) is 0 Å². The number of hydrogen-bond acceptors (Lipinski definition) is 3. The van der Waals surface area contributed by atoms with E-state index in [1.165, 1.54) is 11.3 Å². The van der Waals surface area contributed by atoms with E-state index in [0.717, 1.165) is 40.5 Å². The summed E-state index contributed by atoms with van der Waals surface area (Å²) in [5, 5.41) is 4.36. The molecule has 3 aliphatic rings. The molecule has 0 aliphatic heterocycles. The average molecular weight is 360 g/mol. The number of hydrogen-bond donors (Lipinski definition) is 1. The summed E-state index contributed by atoms with van der Waals surface area (Å²) < 4.78 is 0.991. The molecule has 2 atom stereocenters. The van der Waals surface area contributed by atoms with Crippen LogP contribution in [0.5, 0.6) is 0 Å². The highest BCUT2D eigenvalue weighted by Gasteiger charge is 2.53. The maximum atomic E-state index is 12.7. The smallest absolute Gasteiger partial charge is 0.267 e. The van der Waals surface area contributed by atoms with Crippen LogP contribution in [0.25, 0.3) is 10.1 Å². The Labute approximate surface area is 149 Å². The molecule has 1 N–H and O–H groups in total. The van der Waals surface area contributed by atoms with Crippen molar-refractivity contribution < 1.29 is 9.59 Å². The van der Waals surface area contributed by atoms with Crippen molar-refractivity contribution in [1.29, 1.82) is 0 Å². The van der Waals surface area contributed by atoms with E-state index >= 15 is 0 Å². The highest BCUT2D eigenvalue weighted by atomic mass is 35.5. The molecule has 1 fully saturated rings. The van der Waals surface area contributed by atoms with Crippen LogP contribution in [-0.4, -0.2) is 12.2 Å². The van der Waals surface area contributed by atoms with E-state index in [4.69, 9.17) is 11.6 Å². The van der Waals surface area contributed by atoms with E-state index in [1.807, 2.05) is 24.3 Å². The summed E-state index contributed by atoms with van der Waals surface area (Å²) >= 11 is 7.77. The molecule has 1 amide bonds. The summed E-state index contributed by atoms with van der Waals surface area (Å²) in [4.78, 5) is 24.8. The van der Waals surface area contributed by atoms with E-state index in [-0.39, 0.29) is 17.2 Å². The number of benzene rings is 1. The molecule has 0 saturated heterocycles. The summed E-state index contributed by atoms with van der Waals surface area (Å²) in [5.41, 5.74) is 1.69. The minimum atomic E-state index is -0.213. The number of halogens is 1. The molecular weight excluding hydrogens is 342 g/mol. The molecule has 1 saturated carbocycles. The second-order valence-electron chi connectivity index (χ2n) is 7.26. The lowest BCUT2D eigenvalue weighted by molar-refractivity contribution is -0.108. The van der Waals surface area contributed by atoms with E-state index in [0.29, 0.717) is 15.8 Å². The molecule has 0 radical (unpaired) electrons. The van der Waals surface area contributed by atoms with Gasteiger partial charge in [0, 0.05) is 21.4 Å². The fourth-order valence-electron chi connectivity index (χ4n) is 4.10. The fourth-order valence-corrected chi connectivity index (χ4v) is 5.51. The third-order valence-electron chi connectivity index (χ3n) is 5.78. The fraction of sp³-hybridized carbons (Fsp3) is 0.368. The normalized spacial score (nSPS) is 24.6. The largest absolute Gasteiger partial charge is 0.325 e. The van der Waals surface area contributed by atoms with Crippen LogP contribution in [0.15, 0.2) is 35.5 Å². The van der Waals surface area contributed by atoms with Crippen molar-refractivity contribution in [2.75, 3.05) is 0 Å². The van der Waals surface area contributed by atoms with Gasteiger partial charge in [-0.05, 0) is 36.2 Å². The number of carbonyl (C=O) groups excluding carboxylic acids is 2. The first-order chi connectivity index (χ1) is 11.4. The van der Waals surface area contributed by atoms with Crippen LogP contribution in [0.2, 0.25) is 5.02 Å². The number of aldehydes is 1. The maximum Gasteiger partial charge on any atom is 0.267 e. The van der Waals surface area contributed by atoms with Crippen LogP contribution in [-0.2, 0) is 4.79 Å². The Kier molecular flexibility index (Phi) is 3.59. The standard InChI is InChI=1S/C19H18ClNO2S/c1-19(2)10-7-13(19)12(9-22)14(8-10)21-18(23)17-16(20)11-5-3-4-6-15(11)24-17/h3-6,9-10,13H,7-8H2,1-2H3,(H,21,23). The minimum absolute atomic E-state index is 0.153. The van der Waals surface area contributed by atoms with Gasteiger partial charge in [-0.2, -0.15) is 0 Å². The number of amides is 1. The predicted octanol–water partition coefficient (Wildman–Crippen LogP) is 4.80. The van der Waals surface area contributed by atoms with E-state index in [2.05, 4.69) is 19.2 Å². The van der Waals surface area contributed by atoms with Gasteiger partial charge >= 0.3 is 0 Å². The SMILES string of the molecule is CC1(C)C2CC(NC(=O)c3sc4ccccc4c3Cl)=C(C=O)C1C2. The quantitative estimate of drug-likeness (QED) is 0.800. The summed E-state index contributed by atoms with van der Waals surface area (Å²) in [6.07, 6.45) is 2.72. The zero-order chi connectivity index (χ0) is 17.1. The highest BCUT2D eigenvalue weighted by Crippen LogP contribution is 2.60. The molecule has 124 valence electrons. The van der Waals surface area contributed by atoms with Crippen molar-refractivity contribution in [2.24, 2.45) is 17.3 Å². The van der Waals surface area contributed by atoms with Gasteiger partial charge < -0.3 is 5.32 Å². The molecule has 2 unspecified atom stereocenters. The van der Waals surface area contributed by atoms with Crippen molar-refractivity contribution in [3.05, 3.63) is 45.4 Å². The van der Waals surface area contributed by atoms with Gasteiger partial charge in [-0.15, -0.1) is 11.3 Å². The number of thiophene rings is 1. The van der Waals surface area contributed by atoms with Crippen LogP contribution in [0.4, 0.5) is 0 Å². The number of nitrogens with one attached hydrogen (secondary N) is 1. The van der Waals surface area contributed by atoms with Gasteiger partial charge in [0.25, 0.3) is 5.91 Å². The Morgan fingerprint density at radius 1 is 1.38 bits per heavy atom. The van der Waals surface area contributed by atoms with Gasteiger partial charge in [-0.25, -0.2) is 0 Å². The summed E-state index contributed by atoms with van der Waals surface area (Å²) in [7, 11) is 0. The second-order valence-corrected chi connectivity index (χ2v) is 8.69. The zero-order valence-corrected chi connectivity index (χ0v) is 15.1. The van der Waals surface area contributed by atoms with Crippen LogP contribution >= 0.6 is 22.9 Å². The Morgan fingerprint density at radius 2 is 2.12 bits per heavy atom. The minimum Gasteiger partial charge on any atom is -0.325 e. The number of allylic oxidation sites excluding steroid dienone is 2. The first-order valence-electron chi connectivity index (χ1n) is 8.10. The van der Waals surface area contributed by atoms with Crippen LogP contribution < -0.4 is 5.32 Å². The average Bonchev–Trinajstić information content (AvgIpc) is 2.92. The maximum absolute atomic E-state index is 12.7. The molecule has 3 aliphatic carbocycles.